The average molecular weight is 657 g/mol. The number of rotatable bonds is 14. The number of benzene rings is 4. The SMILES string of the molecule is BrCCCOCc1ccccc1.O=Cc1cccc(O)c1.O=Cc1cccc(OCCCOCc2ccccc2)c1.[2H]CF. The summed E-state index contributed by atoms with van der Waals surface area (Å²) < 4.78 is 32.1. The molecule has 0 heterocycles. The molecule has 6 nitrogen and oxygen atoms in total. The van der Waals surface area contributed by atoms with Crippen molar-refractivity contribution < 1.29 is 34.7 Å². The zero-order chi connectivity index (χ0) is 32.1. The third-order valence-electron chi connectivity index (χ3n) is 5.35. The quantitative estimate of drug-likeness (QED) is 0.0836. The molecule has 0 radical (unpaired) electrons. The number of hydrogen-bond acceptors (Lipinski definition) is 6. The smallest absolute Gasteiger partial charge is 0.150 e. The molecule has 0 atom stereocenters. The van der Waals surface area contributed by atoms with Gasteiger partial charge in [-0.1, -0.05) is 101 Å². The Morgan fingerprint density at radius 1 is 0.721 bits per heavy atom. The van der Waals surface area contributed by atoms with Crippen LogP contribution in [0.3, 0.4) is 0 Å². The molecule has 4 aromatic carbocycles. The predicted octanol–water partition coefficient (Wildman–Crippen LogP) is 8.26. The van der Waals surface area contributed by atoms with Crippen LogP contribution < -0.4 is 4.74 Å². The normalized spacial score (nSPS) is 9.86. The van der Waals surface area contributed by atoms with Crippen LogP contribution in [0.15, 0.2) is 109 Å². The van der Waals surface area contributed by atoms with Gasteiger partial charge >= 0.3 is 0 Å². The summed E-state index contributed by atoms with van der Waals surface area (Å²) in [5.74, 6) is 0.845. The lowest BCUT2D eigenvalue weighted by Crippen LogP contribution is -2.03. The lowest BCUT2D eigenvalue weighted by Gasteiger charge is -2.07. The minimum atomic E-state index is -1.00. The van der Waals surface area contributed by atoms with Gasteiger partial charge in [0.1, 0.15) is 24.1 Å². The summed E-state index contributed by atoms with van der Waals surface area (Å²) in [6, 6.07) is 33.6. The van der Waals surface area contributed by atoms with Crippen molar-refractivity contribution in [3.05, 3.63) is 131 Å². The van der Waals surface area contributed by atoms with E-state index in [2.05, 4.69) is 28.1 Å². The first-order chi connectivity index (χ1) is 21.6. The van der Waals surface area contributed by atoms with Gasteiger partial charge in [-0.3, -0.25) is 14.0 Å². The number of aromatic hydroxyl groups is 1. The zero-order valence-corrected chi connectivity index (χ0v) is 25.7. The minimum absolute atomic E-state index is 0.125. The molecule has 0 aliphatic carbocycles. The fourth-order valence-corrected chi connectivity index (χ4v) is 3.54. The van der Waals surface area contributed by atoms with Crippen LogP contribution in [0.5, 0.6) is 11.5 Å². The van der Waals surface area contributed by atoms with Crippen molar-refractivity contribution in [3.63, 3.8) is 0 Å². The van der Waals surface area contributed by atoms with E-state index < -0.39 is 7.15 Å². The first-order valence-corrected chi connectivity index (χ1v) is 14.7. The molecule has 4 aromatic rings. The molecule has 8 heteroatoms. The number of hydrogen-bond donors (Lipinski definition) is 1. The molecule has 230 valence electrons. The number of alkyl halides is 2. The summed E-state index contributed by atoms with van der Waals surface area (Å²) >= 11 is 3.36. The van der Waals surface area contributed by atoms with Crippen molar-refractivity contribution in [2.24, 2.45) is 0 Å². The fourth-order valence-electron chi connectivity index (χ4n) is 3.31. The van der Waals surface area contributed by atoms with Crippen LogP contribution in [0.2, 0.25) is 0 Å². The fraction of sp³-hybridized carbons (Fsp3) is 0.257. The molecular weight excluding hydrogens is 615 g/mol. The van der Waals surface area contributed by atoms with Crippen LogP contribution in [0.4, 0.5) is 4.39 Å². The van der Waals surface area contributed by atoms with Gasteiger partial charge in [-0.15, -0.1) is 0 Å². The van der Waals surface area contributed by atoms with Crippen molar-refractivity contribution in [1.82, 2.24) is 0 Å². The maximum absolute atomic E-state index is 10.6. The molecule has 0 amide bonds. The van der Waals surface area contributed by atoms with E-state index >= 15 is 0 Å². The molecule has 0 aliphatic heterocycles. The highest BCUT2D eigenvalue weighted by molar-refractivity contribution is 9.09. The molecule has 0 aliphatic rings. The third kappa shape index (κ3) is 19.1. The van der Waals surface area contributed by atoms with Gasteiger partial charge in [0.25, 0.3) is 0 Å². The summed E-state index contributed by atoms with van der Waals surface area (Å²) in [6.45, 7) is 3.43. The molecule has 0 saturated heterocycles. The van der Waals surface area contributed by atoms with Crippen LogP contribution in [-0.2, 0) is 22.7 Å². The van der Waals surface area contributed by atoms with E-state index in [0.29, 0.717) is 37.2 Å². The van der Waals surface area contributed by atoms with E-state index in [-0.39, 0.29) is 5.75 Å². The number of ether oxygens (including phenoxy) is 3. The molecule has 0 aromatic heterocycles. The molecule has 0 bridgehead atoms. The van der Waals surface area contributed by atoms with Crippen molar-refractivity contribution in [2.45, 2.75) is 26.1 Å². The van der Waals surface area contributed by atoms with Gasteiger partial charge in [0, 0.05) is 29.5 Å². The van der Waals surface area contributed by atoms with Crippen LogP contribution in [0, 0.1) is 0 Å². The van der Waals surface area contributed by atoms with Crippen molar-refractivity contribution in [1.29, 1.82) is 0 Å². The van der Waals surface area contributed by atoms with Gasteiger partial charge in [0.15, 0.2) is 0 Å². The zero-order valence-electron chi connectivity index (χ0n) is 25.2. The van der Waals surface area contributed by atoms with Gasteiger partial charge in [-0.05, 0) is 41.8 Å². The van der Waals surface area contributed by atoms with E-state index in [1.807, 2.05) is 60.7 Å². The summed E-state index contributed by atoms with van der Waals surface area (Å²) in [6.07, 6.45) is 3.40. The Morgan fingerprint density at radius 2 is 1.23 bits per heavy atom. The van der Waals surface area contributed by atoms with Gasteiger partial charge in [-0.25, -0.2) is 0 Å². The lowest BCUT2D eigenvalue weighted by molar-refractivity contribution is 0.107. The molecule has 0 spiro atoms. The van der Waals surface area contributed by atoms with E-state index in [1.54, 1.807) is 24.3 Å². The molecule has 0 fully saturated rings. The van der Waals surface area contributed by atoms with Gasteiger partial charge in [0.2, 0.25) is 0 Å². The van der Waals surface area contributed by atoms with E-state index in [1.165, 1.54) is 23.3 Å². The Bertz CT molecular complexity index is 1260. The average Bonchev–Trinajstić information content (AvgIpc) is 3.07. The molecule has 43 heavy (non-hydrogen) atoms. The predicted molar refractivity (Wildman–Crippen MR) is 173 cm³/mol. The highest BCUT2D eigenvalue weighted by atomic mass is 79.9. The maximum Gasteiger partial charge on any atom is 0.150 e. The van der Waals surface area contributed by atoms with Crippen LogP contribution in [0.1, 0.15) is 46.1 Å². The van der Waals surface area contributed by atoms with Gasteiger partial charge in [-0.2, -0.15) is 0 Å². The maximum atomic E-state index is 10.6. The van der Waals surface area contributed by atoms with E-state index in [9.17, 15) is 14.0 Å². The molecule has 0 unspecified atom stereocenters. The highest BCUT2D eigenvalue weighted by Gasteiger charge is 1.97. The van der Waals surface area contributed by atoms with Crippen molar-refractivity contribution in [3.8, 4) is 11.5 Å². The van der Waals surface area contributed by atoms with Gasteiger partial charge < -0.3 is 19.3 Å². The number of halogens is 2. The molecule has 1 N–H and O–H groups in total. The van der Waals surface area contributed by atoms with Crippen LogP contribution >= 0.6 is 15.9 Å². The number of carbonyl (C=O) groups is 2. The largest absolute Gasteiger partial charge is 0.508 e. The van der Waals surface area contributed by atoms with Crippen LogP contribution in [-0.4, -0.2) is 50.0 Å². The van der Waals surface area contributed by atoms with E-state index in [4.69, 9.17) is 20.7 Å². The topological polar surface area (TPSA) is 82.1 Å². The lowest BCUT2D eigenvalue weighted by atomic mass is 10.2. The monoisotopic (exact) mass is 655 g/mol. The molecular formula is C35H40BrFO6. The Hall–Kier alpha value is -3.85. The number of phenolic OH excluding ortho intramolecular Hbond substituents is 1. The number of carbonyl (C=O) groups excluding carboxylic acids is 2. The summed E-state index contributed by atoms with van der Waals surface area (Å²) in [4.78, 5) is 20.7. The number of phenols is 1. The third-order valence-corrected chi connectivity index (χ3v) is 5.91. The summed E-state index contributed by atoms with van der Waals surface area (Å²) in [7, 11) is -1.00. The second kappa shape index (κ2) is 25.8. The second-order valence-corrected chi connectivity index (χ2v) is 9.52. The van der Waals surface area contributed by atoms with E-state index in [0.717, 1.165) is 43.4 Å². The summed E-state index contributed by atoms with van der Waals surface area (Å²) in [5, 5.41) is 9.80. The first kappa shape index (κ1) is 35.3. The standard InChI is InChI=1S/C17H18O3.C10H13BrO.C7H6O2.CH3F/c18-13-16-8-4-9-17(12-16)20-11-5-10-19-14-15-6-2-1-3-7-15;11-7-4-8-12-9-10-5-2-1-3-6-10;8-5-6-2-1-3-7(9)4-6;1-2/h1-4,6-9,12-13H,5,10-11,14H2;1-3,5-6H,4,7-9H2;1-5,9H;1H3/i;;;1D. The Kier molecular flexibility index (Phi) is 21.2. The number of aldehydes is 2. The Labute approximate surface area is 264 Å². The molecule has 4 rings (SSSR count). The van der Waals surface area contributed by atoms with Gasteiger partial charge in [0.05, 0.1) is 35.0 Å². The minimum Gasteiger partial charge on any atom is -0.508 e. The van der Waals surface area contributed by atoms with Crippen LogP contribution in [0.25, 0.3) is 0 Å². The second-order valence-electron chi connectivity index (χ2n) is 8.72. The first-order valence-electron chi connectivity index (χ1n) is 14.3. The Balaban J connectivity index is 0.000000342. The van der Waals surface area contributed by atoms with Crippen molar-refractivity contribution >= 4 is 28.5 Å². The van der Waals surface area contributed by atoms with Crippen molar-refractivity contribution in [2.75, 3.05) is 32.3 Å². The Morgan fingerprint density at radius 3 is 1.72 bits per heavy atom. The highest BCUT2D eigenvalue weighted by Crippen LogP contribution is 2.12. The summed E-state index contributed by atoms with van der Waals surface area (Å²) in [5.41, 5.74) is 3.54. The molecule has 0 saturated carbocycles.